The molecule has 0 aromatic carbocycles. The van der Waals surface area contributed by atoms with Gasteiger partial charge in [0, 0.05) is 12.6 Å². The van der Waals surface area contributed by atoms with E-state index in [-0.39, 0.29) is 6.04 Å². The zero-order chi connectivity index (χ0) is 10.8. The lowest BCUT2D eigenvalue weighted by Gasteiger charge is -2.35. The van der Waals surface area contributed by atoms with Gasteiger partial charge in [-0.25, -0.2) is 0 Å². The predicted molar refractivity (Wildman–Crippen MR) is 59.4 cm³/mol. The van der Waals surface area contributed by atoms with E-state index < -0.39 is 0 Å². The van der Waals surface area contributed by atoms with Gasteiger partial charge in [-0.3, -0.25) is 10.1 Å². The molecule has 15 heavy (non-hydrogen) atoms. The molecule has 1 N–H and O–H groups in total. The van der Waals surface area contributed by atoms with E-state index in [2.05, 4.69) is 24.2 Å². The fraction of sp³-hybridized carbons (Fsp3) is 0.909. The highest BCUT2D eigenvalue weighted by Gasteiger charge is 2.35. The molecule has 2 rings (SSSR count). The van der Waals surface area contributed by atoms with Crippen molar-refractivity contribution in [2.24, 2.45) is 0 Å². The molecular formula is C11H21N3O. The van der Waals surface area contributed by atoms with Crippen LogP contribution in [0.5, 0.6) is 0 Å². The molecule has 2 saturated heterocycles. The molecule has 4 heteroatoms. The number of likely N-dealkylation sites (tertiary alicyclic amines) is 1. The van der Waals surface area contributed by atoms with Gasteiger partial charge in [0.05, 0.1) is 12.7 Å². The Balaban J connectivity index is 1.96. The van der Waals surface area contributed by atoms with Gasteiger partial charge in [-0.15, -0.1) is 0 Å². The predicted octanol–water partition coefficient (Wildman–Crippen LogP) is 0.248. The van der Waals surface area contributed by atoms with Crippen LogP contribution in [0.25, 0.3) is 0 Å². The summed E-state index contributed by atoms with van der Waals surface area (Å²) in [6.45, 7) is 5.01. The van der Waals surface area contributed by atoms with Gasteiger partial charge in [0.2, 0.25) is 5.91 Å². The second-order valence-electron chi connectivity index (χ2n) is 4.69. The highest BCUT2D eigenvalue weighted by Crippen LogP contribution is 2.18. The fourth-order valence-corrected chi connectivity index (χ4v) is 2.60. The van der Waals surface area contributed by atoms with Crippen molar-refractivity contribution >= 4 is 5.91 Å². The van der Waals surface area contributed by atoms with E-state index >= 15 is 0 Å². The maximum absolute atomic E-state index is 12.0. The summed E-state index contributed by atoms with van der Waals surface area (Å²) in [6.07, 6.45) is 3.27. The minimum absolute atomic E-state index is 0.0669. The van der Waals surface area contributed by atoms with Crippen molar-refractivity contribution in [2.45, 2.75) is 38.3 Å². The molecule has 1 amide bonds. The third kappa shape index (κ3) is 2.16. The summed E-state index contributed by atoms with van der Waals surface area (Å²) in [6, 6.07) is 0.498. The summed E-state index contributed by atoms with van der Waals surface area (Å²) in [7, 11) is 2.14. The van der Waals surface area contributed by atoms with Crippen molar-refractivity contribution < 1.29 is 4.79 Å². The second-order valence-corrected chi connectivity index (χ2v) is 4.69. The van der Waals surface area contributed by atoms with Crippen LogP contribution in [0.4, 0.5) is 0 Å². The SMILES string of the molecule is CCC1NCN(C2CCCN(C)C2)C1=O. The third-order valence-corrected chi connectivity index (χ3v) is 3.54. The molecule has 0 aromatic heterocycles. The van der Waals surface area contributed by atoms with E-state index in [1.807, 2.05) is 4.90 Å². The van der Waals surface area contributed by atoms with Gasteiger partial charge in [0.25, 0.3) is 0 Å². The van der Waals surface area contributed by atoms with Crippen LogP contribution in [0.3, 0.4) is 0 Å². The Bertz CT molecular complexity index is 244. The lowest BCUT2D eigenvalue weighted by Crippen LogP contribution is -2.48. The second kappa shape index (κ2) is 4.49. The standard InChI is InChI=1S/C11H21N3O/c1-3-10-11(15)14(8-12-10)9-5-4-6-13(2)7-9/h9-10,12H,3-8H2,1-2H3. The molecule has 2 atom stereocenters. The number of likely N-dealkylation sites (N-methyl/N-ethyl adjacent to an activating group) is 1. The highest BCUT2D eigenvalue weighted by atomic mass is 16.2. The molecule has 2 fully saturated rings. The molecule has 2 unspecified atom stereocenters. The van der Waals surface area contributed by atoms with E-state index in [0.29, 0.717) is 11.9 Å². The number of nitrogens with one attached hydrogen (secondary N) is 1. The Morgan fingerprint density at radius 3 is 2.93 bits per heavy atom. The minimum atomic E-state index is 0.0669. The molecule has 0 saturated carbocycles. The number of hydrogen-bond donors (Lipinski definition) is 1. The van der Waals surface area contributed by atoms with Crippen molar-refractivity contribution in [3.05, 3.63) is 0 Å². The number of carbonyl (C=O) groups is 1. The lowest BCUT2D eigenvalue weighted by atomic mass is 10.0. The van der Waals surface area contributed by atoms with E-state index in [0.717, 1.165) is 26.1 Å². The molecule has 86 valence electrons. The molecule has 2 aliphatic rings. The number of piperidine rings is 1. The Morgan fingerprint density at radius 1 is 1.53 bits per heavy atom. The summed E-state index contributed by atoms with van der Waals surface area (Å²) in [5.74, 6) is 0.304. The van der Waals surface area contributed by atoms with Gasteiger partial charge in [0.1, 0.15) is 0 Å². The Kier molecular flexibility index (Phi) is 3.26. The molecule has 0 aliphatic carbocycles. The number of amides is 1. The largest absolute Gasteiger partial charge is 0.324 e. The van der Waals surface area contributed by atoms with E-state index in [4.69, 9.17) is 0 Å². The topological polar surface area (TPSA) is 35.6 Å². The molecule has 4 nitrogen and oxygen atoms in total. The Hall–Kier alpha value is -0.610. The zero-order valence-electron chi connectivity index (χ0n) is 9.70. The molecule has 0 aromatic rings. The smallest absolute Gasteiger partial charge is 0.241 e. The average molecular weight is 211 g/mol. The first-order chi connectivity index (χ1) is 7.22. The fourth-order valence-electron chi connectivity index (χ4n) is 2.60. The van der Waals surface area contributed by atoms with Gasteiger partial charge >= 0.3 is 0 Å². The maximum Gasteiger partial charge on any atom is 0.241 e. The normalized spacial score (nSPS) is 33.7. The molecule has 2 aliphatic heterocycles. The molecule has 2 heterocycles. The number of hydrogen-bond acceptors (Lipinski definition) is 3. The van der Waals surface area contributed by atoms with Crippen LogP contribution in [0.1, 0.15) is 26.2 Å². The summed E-state index contributed by atoms with van der Waals surface area (Å²) >= 11 is 0. The lowest BCUT2D eigenvalue weighted by molar-refractivity contribution is -0.131. The molecule has 0 bridgehead atoms. The molecule has 0 radical (unpaired) electrons. The average Bonchev–Trinajstić information content (AvgIpc) is 2.59. The number of rotatable bonds is 2. The number of carbonyl (C=O) groups excluding carboxylic acids is 1. The van der Waals surface area contributed by atoms with Gasteiger partial charge < -0.3 is 9.80 Å². The maximum atomic E-state index is 12.0. The van der Waals surface area contributed by atoms with Crippen molar-refractivity contribution in [1.82, 2.24) is 15.1 Å². The summed E-state index contributed by atoms with van der Waals surface area (Å²) in [5, 5.41) is 3.28. The Morgan fingerprint density at radius 2 is 2.33 bits per heavy atom. The van der Waals surface area contributed by atoms with E-state index in [9.17, 15) is 4.79 Å². The van der Waals surface area contributed by atoms with Crippen LogP contribution >= 0.6 is 0 Å². The van der Waals surface area contributed by atoms with Crippen LogP contribution in [0, 0.1) is 0 Å². The molecule has 0 spiro atoms. The summed E-state index contributed by atoms with van der Waals surface area (Å²) in [4.78, 5) is 16.3. The van der Waals surface area contributed by atoms with Crippen molar-refractivity contribution in [2.75, 3.05) is 26.8 Å². The first-order valence-corrected chi connectivity index (χ1v) is 5.94. The first kappa shape index (κ1) is 10.9. The van der Waals surface area contributed by atoms with Crippen LogP contribution < -0.4 is 5.32 Å². The van der Waals surface area contributed by atoms with Crippen LogP contribution in [0.15, 0.2) is 0 Å². The van der Waals surface area contributed by atoms with Crippen molar-refractivity contribution in [3.63, 3.8) is 0 Å². The minimum Gasteiger partial charge on any atom is -0.324 e. The van der Waals surface area contributed by atoms with Gasteiger partial charge in [-0.05, 0) is 32.9 Å². The van der Waals surface area contributed by atoms with E-state index in [1.54, 1.807) is 0 Å². The number of nitrogens with zero attached hydrogens (tertiary/aromatic N) is 2. The van der Waals surface area contributed by atoms with Gasteiger partial charge in [0.15, 0.2) is 0 Å². The first-order valence-electron chi connectivity index (χ1n) is 5.94. The van der Waals surface area contributed by atoms with Crippen molar-refractivity contribution in [1.29, 1.82) is 0 Å². The van der Waals surface area contributed by atoms with Crippen LogP contribution in [0.2, 0.25) is 0 Å². The monoisotopic (exact) mass is 211 g/mol. The highest BCUT2D eigenvalue weighted by molar-refractivity contribution is 5.84. The molecular weight excluding hydrogens is 190 g/mol. The summed E-state index contributed by atoms with van der Waals surface area (Å²) < 4.78 is 0. The summed E-state index contributed by atoms with van der Waals surface area (Å²) in [5.41, 5.74) is 0. The zero-order valence-corrected chi connectivity index (χ0v) is 9.70. The Labute approximate surface area is 91.6 Å². The third-order valence-electron chi connectivity index (χ3n) is 3.54. The van der Waals surface area contributed by atoms with Gasteiger partial charge in [-0.2, -0.15) is 0 Å². The van der Waals surface area contributed by atoms with Gasteiger partial charge in [-0.1, -0.05) is 6.92 Å². The van der Waals surface area contributed by atoms with Crippen molar-refractivity contribution in [3.8, 4) is 0 Å². The quantitative estimate of drug-likeness (QED) is 0.711. The van der Waals surface area contributed by atoms with Crippen LogP contribution in [-0.2, 0) is 4.79 Å². The van der Waals surface area contributed by atoms with Crippen LogP contribution in [-0.4, -0.2) is 54.6 Å². The van der Waals surface area contributed by atoms with E-state index in [1.165, 1.54) is 13.0 Å².